The molecule has 0 saturated carbocycles. The number of aromatic nitrogens is 1. The first kappa shape index (κ1) is 13.0. The average Bonchev–Trinajstić information content (AvgIpc) is 2.75. The number of nitrogens with one attached hydrogen (secondary N) is 1. The van der Waals surface area contributed by atoms with Crippen molar-refractivity contribution >= 4 is 28.8 Å². The molecule has 1 aromatic heterocycles. The van der Waals surface area contributed by atoms with E-state index in [2.05, 4.69) is 4.98 Å². The van der Waals surface area contributed by atoms with Crippen molar-refractivity contribution in [3.8, 4) is 10.6 Å². The van der Waals surface area contributed by atoms with E-state index in [9.17, 15) is 0 Å². The number of amidine groups is 1. The molecular formula is C12H12ClN3OS. The lowest BCUT2D eigenvalue weighted by Crippen LogP contribution is -2.11. The molecule has 3 N–H and O–H groups in total. The van der Waals surface area contributed by atoms with Crippen molar-refractivity contribution in [1.82, 2.24) is 4.98 Å². The highest BCUT2D eigenvalue weighted by atomic mass is 35.5. The lowest BCUT2D eigenvalue weighted by molar-refractivity contribution is 0.182. The molecule has 4 nitrogen and oxygen atoms in total. The number of nitrogens with two attached hydrogens (primary N) is 1. The van der Waals surface area contributed by atoms with E-state index in [1.807, 2.05) is 24.3 Å². The predicted molar refractivity (Wildman–Crippen MR) is 74.3 cm³/mol. The minimum atomic E-state index is 0.0137. The lowest BCUT2D eigenvalue weighted by atomic mass is 10.2. The van der Waals surface area contributed by atoms with Gasteiger partial charge in [0.1, 0.15) is 10.8 Å². The van der Waals surface area contributed by atoms with Crippen LogP contribution in [-0.4, -0.2) is 17.9 Å². The molecule has 0 fully saturated rings. The minimum Gasteiger partial charge on any atom is -0.383 e. The summed E-state index contributed by atoms with van der Waals surface area (Å²) >= 11 is 7.23. The summed E-state index contributed by atoms with van der Waals surface area (Å²) in [7, 11) is 1.59. The monoisotopic (exact) mass is 281 g/mol. The molecule has 6 heteroatoms. The summed E-state index contributed by atoms with van der Waals surface area (Å²) in [5.74, 6) is 0.0137. The summed E-state index contributed by atoms with van der Waals surface area (Å²) in [5.41, 5.74) is 7.18. The van der Waals surface area contributed by atoms with Crippen molar-refractivity contribution in [3.05, 3.63) is 39.9 Å². The molecule has 0 unspecified atom stereocenters. The van der Waals surface area contributed by atoms with Gasteiger partial charge in [-0.05, 0) is 12.1 Å². The molecule has 0 amide bonds. The topological polar surface area (TPSA) is 72.0 Å². The van der Waals surface area contributed by atoms with E-state index in [1.54, 1.807) is 7.11 Å². The highest BCUT2D eigenvalue weighted by Crippen LogP contribution is 2.29. The van der Waals surface area contributed by atoms with Gasteiger partial charge in [-0.2, -0.15) is 0 Å². The zero-order valence-electron chi connectivity index (χ0n) is 9.74. The van der Waals surface area contributed by atoms with Crippen molar-refractivity contribution in [2.75, 3.05) is 7.11 Å². The molecule has 0 spiro atoms. The van der Waals surface area contributed by atoms with Gasteiger partial charge in [-0.25, -0.2) is 4.98 Å². The molecule has 0 bridgehead atoms. The molecule has 94 valence electrons. The van der Waals surface area contributed by atoms with Gasteiger partial charge in [0, 0.05) is 17.7 Å². The van der Waals surface area contributed by atoms with Crippen molar-refractivity contribution < 1.29 is 4.74 Å². The summed E-state index contributed by atoms with van der Waals surface area (Å²) in [5, 5.41) is 9.03. The fourth-order valence-corrected chi connectivity index (χ4v) is 2.57. The van der Waals surface area contributed by atoms with Crippen LogP contribution in [0.25, 0.3) is 10.6 Å². The molecule has 2 rings (SSSR count). The van der Waals surface area contributed by atoms with Gasteiger partial charge < -0.3 is 10.5 Å². The quantitative estimate of drug-likeness (QED) is 0.668. The Hall–Kier alpha value is -1.43. The molecule has 18 heavy (non-hydrogen) atoms. The first-order valence-electron chi connectivity index (χ1n) is 5.20. The second-order valence-corrected chi connectivity index (χ2v) is 5.08. The molecule has 0 aliphatic rings. The van der Waals surface area contributed by atoms with Crippen LogP contribution in [0.4, 0.5) is 0 Å². The summed E-state index contributed by atoms with van der Waals surface area (Å²) in [6, 6.07) is 7.40. The van der Waals surface area contributed by atoms with Crippen LogP contribution in [0, 0.1) is 5.41 Å². The number of methoxy groups -OCH3 is 1. The van der Waals surface area contributed by atoms with Crippen LogP contribution in [0.3, 0.4) is 0 Å². The zero-order chi connectivity index (χ0) is 13.1. The van der Waals surface area contributed by atoms with Crippen molar-refractivity contribution in [3.63, 3.8) is 0 Å². The normalized spacial score (nSPS) is 10.6. The maximum absolute atomic E-state index is 7.54. The molecule has 0 aliphatic heterocycles. The Balaban J connectivity index is 2.42. The fraction of sp³-hybridized carbons (Fsp3) is 0.167. The Morgan fingerprint density at radius 1 is 1.44 bits per heavy atom. The average molecular weight is 282 g/mol. The Morgan fingerprint density at radius 2 is 2.11 bits per heavy atom. The number of ether oxygens (including phenoxy) is 1. The number of nitrogens with zero attached hydrogens (tertiary/aromatic N) is 1. The summed E-state index contributed by atoms with van der Waals surface area (Å²) < 4.78 is 5.06. The second kappa shape index (κ2) is 5.48. The third-order valence-corrected chi connectivity index (χ3v) is 3.75. The van der Waals surface area contributed by atoms with Gasteiger partial charge in [0.15, 0.2) is 0 Å². The maximum Gasteiger partial charge on any atom is 0.135 e. The lowest BCUT2D eigenvalue weighted by Gasteiger charge is -1.97. The van der Waals surface area contributed by atoms with E-state index in [4.69, 9.17) is 27.5 Å². The Labute approximate surface area is 114 Å². The molecular weight excluding hydrogens is 270 g/mol. The Kier molecular flexibility index (Phi) is 3.96. The van der Waals surface area contributed by atoms with Gasteiger partial charge >= 0.3 is 0 Å². The van der Waals surface area contributed by atoms with Crippen LogP contribution < -0.4 is 5.73 Å². The number of benzene rings is 1. The van der Waals surface area contributed by atoms with E-state index < -0.39 is 0 Å². The van der Waals surface area contributed by atoms with E-state index in [0.29, 0.717) is 22.2 Å². The number of thiazole rings is 1. The minimum absolute atomic E-state index is 0.0137. The molecule has 0 aliphatic carbocycles. The largest absolute Gasteiger partial charge is 0.383 e. The smallest absolute Gasteiger partial charge is 0.135 e. The third kappa shape index (κ3) is 2.69. The van der Waals surface area contributed by atoms with Gasteiger partial charge in [0.25, 0.3) is 0 Å². The fourth-order valence-electron chi connectivity index (χ4n) is 1.51. The number of halogens is 1. The van der Waals surface area contributed by atoms with Gasteiger partial charge in [-0.15, -0.1) is 11.3 Å². The molecule has 1 heterocycles. The standard InChI is InChI=1S/C12H12ClN3OS/c1-17-6-9-10(11(14)15)18-12(16-9)7-2-4-8(13)5-3-7/h2-5H,6H2,1H3,(H3,14,15). The van der Waals surface area contributed by atoms with Gasteiger partial charge in [0.2, 0.25) is 0 Å². The molecule has 1 aromatic carbocycles. The molecule has 0 radical (unpaired) electrons. The van der Waals surface area contributed by atoms with Crippen molar-refractivity contribution in [2.45, 2.75) is 6.61 Å². The van der Waals surface area contributed by atoms with E-state index in [0.717, 1.165) is 10.6 Å². The molecule has 0 atom stereocenters. The highest BCUT2D eigenvalue weighted by molar-refractivity contribution is 7.17. The zero-order valence-corrected chi connectivity index (χ0v) is 11.3. The number of hydrogen-bond donors (Lipinski definition) is 2. The number of rotatable bonds is 4. The highest BCUT2D eigenvalue weighted by Gasteiger charge is 2.14. The second-order valence-electron chi connectivity index (χ2n) is 3.65. The third-order valence-electron chi connectivity index (χ3n) is 2.31. The van der Waals surface area contributed by atoms with Gasteiger partial charge in [0.05, 0.1) is 17.2 Å². The van der Waals surface area contributed by atoms with E-state index in [1.165, 1.54) is 11.3 Å². The number of nitrogen functional groups attached to an aromatic ring is 1. The van der Waals surface area contributed by atoms with E-state index in [-0.39, 0.29) is 5.84 Å². The summed E-state index contributed by atoms with van der Waals surface area (Å²) in [6.45, 7) is 0.346. The summed E-state index contributed by atoms with van der Waals surface area (Å²) in [6.07, 6.45) is 0. The van der Waals surface area contributed by atoms with Crippen LogP contribution >= 0.6 is 22.9 Å². The molecule has 2 aromatic rings. The molecule has 0 saturated heterocycles. The van der Waals surface area contributed by atoms with Crippen LogP contribution in [0.15, 0.2) is 24.3 Å². The van der Waals surface area contributed by atoms with Gasteiger partial charge in [-0.1, -0.05) is 23.7 Å². The van der Waals surface area contributed by atoms with E-state index >= 15 is 0 Å². The van der Waals surface area contributed by atoms with Crippen molar-refractivity contribution in [1.29, 1.82) is 5.41 Å². The van der Waals surface area contributed by atoms with Crippen LogP contribution in [0.5, 0.6) is 0 Å². The van der Waals surface area contributed by atoms with Crippen LogP contribution in [-0.2, 0) is 11.3 Å². The van der Waals surface area contributed by atoms with Gasteiger partial charge in [-0.3, -0.25) is 5.41 Å². The van der Waals surface area contributed by atoms with Crippen molar-refractivity contribution in [2.24, 2.45) is 5.73 Å². The Morgan fingerprint density at radius 3 is 2.67 bits per heavy atom. The maximum atomic E-state index is 7.54. The SMILES string of the molecule is COCc1nc(-c2ccc(Cl)cc2)sc1C(=N)N. The predicted octanol–water partition coefficient (Wildman–Crippen LogP) is 2.89. The van der Waals surface area contributed by atoms with Crippen LogP contribution in [0.2, 0.25) is 5.02 Å². The Bertz CT molecular complexity index is 565. The van der Waals surface area contributed by atoms with Crippen LogP contribution in [0.1, 0.15) is 10.6 Å². The first-order chi connectivity index (χ1) is 8.61. The number of hydrogen-bond acceptors (Lipinski definition) is 4. The summed E-state index contributed by atoms with van der Waals surface area (Å²) in [4.78, 5) is 5.11. The first-order valence-corrected chi connectivity index (χ1v) is 6.40.